The van der Waals surface area contributed by atoms with Gasteiger partial charge in [-0.2, -0.15) is 0 Å². The highest BCUT2D eigenvalue weighted by atomic mass is 16.4. The van der Waals surface area contributed by atoms with Crippen LogP contribution in [0.2, 0.25) is 0 Å². The van der Waals surface area contributed by atoms with Crippen LogP contribution in [0.1, 0.15) is 46.5 Å². The number of rotatable bonds is 6. The largest absolute Gasteiger partial charge is 0.480 e. The summed E-state index contributed by atoms with van der Waals surface area (Å²) < 4.78 is 0. The minimum atomic E-state index is -1.21. The van der Waals surface area contributed by atoms with Crippen molar-refractivity contribution in [2.75, 3.05) is 19.6 Å². The molecule has 2 unspecified atom stereocenters. The Kier molecular flexibility index (Phi) is 6.26. The van der Waals surface area contributed by atoms with E-state index in [1.165, 1.54) is 26.2 Å². The fourth-order valence-electron chi connectivity index (χ4n) is 2.38. The first-order chi connectivity index (χ1) is 9.37. The van der Waals surface area contributed by atoms with Crippen LogP contribution >= 0.6 is 0 Å². The molecule has 2 amide bonds. The van der Waals surface area contributed by atoms with E-state index in [-0.39, 0.29) is 6.04 Å². The maximum Gasteiger partial charge on any atom is 0.329 e. The van der Waals surface area contributed by atoms with E-state index in [4.69, 9.17) is 5.11 Å². The predicted octanol–water partition coefficient (Wildman–Crippen LogP) is 1.41. The third-order valence-electron chi connectivity index (χ3n) is 3.93. The number of carboxylic acid groups (broad SMARTS) is 1. The minimum Gasteiger partial charge on any atom is -0.480 e. The minimum absolute atomic E-state index is 0.00278. The van der Waals surface area contributed by atoms with Gasteiger partial charge in [0.15, 0.2) is 0 Å². The van der Waals surface area contributed by atoms with Gasteiger partial charge in [-0.15, -0.1) is 0 Å². The smallest absolute Gasteiger partial charge is 0.329 e. The summed E-state index contributed by atoms with van der Waals surface area (Å²) >= 11 is 0. The van der Waals surface area contributed by atoms with Gasteiger partial charge >= 0.3 is 12.0 Å². The number of carbonyl (C=O) groups is 2. The molecule has 0 aromatic carbocycles. The first-order valence-corrected chi connectivity index (χ1v) is 7.42. The molecule has 0 aliphatic carbocycles. The Bertz CT molecular complexity index is 343. The monoisotopic (exact) mass is 285 g/mol. The molecule has 0 aromatic heterocycles. The fraction of sp³-hybridized carbons (Fsp3) is 0.857. The molecule has 0 radical (unpaired) electrons. The lowest BCUT2D eigenvalue weighted by Crippen LogP contribution is -2.57. The molecule has 0 spiro atoms. The van der Waals surface area contributed by atoms with Gasteiger partial charge < -0.3 is 20.6 Å². The normalized spacial score (nSPS) is 20.8. The summed E-state index contributed by atoms with van der Waals surface area (Å²) in [7, 11) is 0. The third kappa shape index (κ3) is 5.00. The lowest BCUT2D eigenvalue weighted by molar-refractivity contribution is -0.143. The quantitative estimate of drug-likeness (QED) is 0.689. The van der Waals surface area contributed by atoms with Crippen LogP contribution in [-0.4, -0.2) is 53.2 Å². The molecule has 6 heteroatoms. The number of urea groups is 1. The number of carbonyl (C=O) groups excluding carboxylic acids is 1. The van der Waals surface area contributed by atoms with Crippen molar-refractivity contribution >= 4 is 12.0 Å². The van der Waals surface area contributed by atoms with E-state index in [2.05, 4.69) is 15.5 Å². The molecular formula is C14H27N3O3. The SMILES string of the molecule is CCC(C)(NC(=O)NC(C)CN1CCCCC1)C(=O)O. The number of hydrogen-bond donors (Lipinski definition) is 3. The molecule has 20 heavy (non-hydrogen) atoms. The molecule has 6 nitrogen and oxygen atoms in total. The summed E-state index contributed by atoms with van der Waals surface area (Å²) in [5.74, 6) is -1.01. The average molecular weight is 285 g/mol. The van der Waals surface area contributed by atoms with Crippen LogP contribution < -0.4 is 10.6 Å². The molecule has 116 valence electrons. The van der Waals surface area contributed by atoms with Gasteiger partial charge in [0.2, 0.25) is 0 Å². The molecule has 0 bridgehead atoms. The molecule has 1 aliphatic rings. The van der Waals surface area contributed by atoms with Gasteiger partial charge in [-0.1, -0.05) is 13.3 Å². The van der Waals surface area contributed by atoms with Gasteiger partial charge in [0.25, 0.3) is 0 Å². The summed E-state index contributed by atoms with van der Waals surface area (Å²) in [5, 5.41) is 14.5. The molecule has 0 aromatic rings. The van der Waals surface area contributed by atoms with E-state index in [9.17, 15) is 9.59 Å². The Morgan fingerprint density at radius 2 is 1.90 bits per heavy atom. The Hall–Kier alpha value is -1.30. The second-order valence-electron chi connectivity index (χ2n) is 5.85. The second kappa shape index (κ2) is 7.47. The van der Waals surface area contributed by atoms with Crippen molar-refractivity contribution < 1.29 is 14.7 Å². The highest BCUT2D eigenvalue weighted by Crippen LogP contribution is 2.10. The van der Waals surface area contributed by atoms with Crippen molar-refractivity contribution in [2.24, 2.45) is 0 Å². The first-order valence-electron chi connectivity index (χ1n) is 7.42. The number of nitrogens with zero attached hydrogens (tertiary/aromatic N) is 1. The molecule has 1 heterocycles. The molecule has 3 N–H and O–H groups in total. The number of piperidine rings is 1. The van der Waals surface area contributed by atoms with Crippen LogP contribution in [0.4, 0.5) is 4.79 Å². The molecule has 2 atom stereocenters. The number of amides is 2. The summed E-state index contributed by atoms with van der Waals surface area (Å²) in [6.45, 7) is 8.17. The van der Waals surface area contributed by atoms with Gasteiger partial charge in [0, 0.05) is 12.6 Å². The van der Waals surface area contributed by atoms with Gasteiger partial charge in [0.05, 0.1) is 0 Å². The van der Waals surface area contributed by atoms with Crippen LogP contribution in [0.15, 0.2) is 0 Å². The van der Waals surface area contributed by atoms with Crippen molar-refractivity contribution in [2.45, 2.75) is 58.0 Å². The molecule has 1 fully saturated rings. The molecule has 1 rings (SSSR count). The molecule has 0 saturated carbocycles. The van der Waals surface area contributed by atoms with E-state index in [1.807, 2.05) is 6.92 Å². The van der Waals surface area contributed by atoms with Crippen LogP contribution in [0.5, 0.6) is 0 Å². The zero-order valence-corrected chi connectivity index (χ0v) is 12.7. The zero-order valence-electron chi connectivity index (χ0n) is 12.7. The molecule has 1 aliphatic heterocycles. The summed E-state index contributed by atoms with van der Waals surface area (Å²) in [6, 6.07) is -0.413. The topological polar surface area (TPSA) is 81.7 Å². The van der Waals surface area contributed by atoms with E-state index in [0.717, 1.165) is 19.6 Å². The van der Waals surface area contributed by atoms with Crippen LogP contribution in [0.3, 0.4) is 0 Å². The molecular weight excluding hydrogens is 258 g/mol. The average Bonchev–Trinajstić information content (AvgIpc) is 2.39. The lowest BCUT2D eigenvalue weighted by Gasteiger charge is -2.30. The van der Waals surface area contributed by atoms with Gasteiger partial charge in [-0.25, -0.2) is 9.59 Å². The number of carboxylic acids is 1. The van der Waals surface area contributed by atoms with Crippen molar-refractivity contribution in [3.63, 3.8) is 0 Å². The second-order valence-corrected chi connectivity index (χ2v) is 5.85. The standard InChI is InChI=1S/C14H27N3O3/c1-4-14(3,12(18)19)16-13(20)15-11(2)10-17-8-6-5-7-9-17/h11H,4-10H2,1-3H3,(H,18,19)(H2,15,16,20). The predicted molar refractivity (Wildman–Crippen MR) is 77.8 cm³/mol. The van der Waals surface area contributed by atoms with E-state index >= 15 is 0 Å². The van der Waals surface area contributed by atoms with Crippen LogP contribution in [0, 0.1) is 0 Å². The van der Waals surface area contributed by atoms with Crippen molar-refractivity contribution in [3.8, 4) is 0 Å². The van der Waals surface area contributed by atoms with Crippen molar-refractivity contribution in [1.29, 1.82) is 0 Å². The summed E-state index contributed by atoms with van der Waals surface area (Å²) in [6.07, 6.45) is 4.06. The zero-order chi connectivity index (χ0) is 15.2. The van der Waals surface area contributed by atoms with Gasteiger partial charge in [-0.05, 0) is 46.2 Å². The van der Waals surface area contributed by atoms with E-state index < -0.39 is 17.5 Å². The van der Waals surface area contributed by atoms with Crippen LogP contribution in [-0.2, 0) is 4.79 Å². The summed E-state index contributed by atoms with van der Waals surface area (Å²) in [4.78, 5) is 25.3. The van der Waals surface area contributed by atoms with E-state index in [0.29, 0.717) is 6.42 Å². The summed E-state index contributed by atoms with van der Waals surface area (Å²) in [5.41, 5.74) is -1.21. The number of nitrogens with one attached hydrogen (secondary N) is 2. The van der Waals surface area contributed by atoms with Crippen LogP contribution in [0.25, 0.3) is 0 Å². The van der Waals surface area contributed by atoms with Gasteiger partial charge in [0.1, 0.15) is 5.54 Å². The third-order valence-corrected chi connectivity index (χ3v) is 3.93. The Labute approximate surface area is 120 Å². The number of aliphatic carboxylic acids is 1. The highest BCUT2D eigenvalue weighted by Gasteiger charge is 2.33. The molecule has 1 saturated heterocycles. The Morgan fingerprint density at radius 1 is 1.30 bits per heavy atom. The van der Waals surface area contributed by atoms with E-state index in [1.54, 1.807) is 6.92 Å². The maximum atomic E-state index is 11.9. The number of hydrogen-bond acceptors (Lipinski definition) is 3. The highest BCUT2D eigenvalue weighted by molar-refractivity contribution is 5.85. The first kappa shape index (κ1) is 16.8. The lowest BCUT2D eigenvalue weighted by atomic mass is 10.00. The van der Waals surface area contributed by atoms with Crippen molar-refractivity contribution in [1.82, 2.24) is 15.5 Å². The Balaban J connectivity index is 2.38. The van der Waals surface area contributed by atoms with Crippen molar-refractivity contribution in [3.05, 3.63) is 0 Å². The Morgan fingerprint density at radius 3 is 2.40 bits per heavy atom. The number of likely N-dealkylation sites (tertiary alicyclic amines) is 1. The maximum absolute atomic E-state index is 11.9. The fourth-order valence-corrected chi connectivity index (χ4v) is 2.38. The van der Waals surface area contributed by atoms with Gasteiger partial charge in [-0.3, -0.25) is 0 Å².